The van der Waals surface area contributed by atoms with Crippen molar-refractivity contribution >= 4 is 5.69 Å². The molecule has 0 spiro atoms. The second-order valence-corrected chi connectivity index (χ2v) is 4.54. The third-order valence-electron chi connectivity index (χ3n) is 2.97. The molecule has 0 unspecified atom stereocenters. The molecule has 1 atom stereocenters. The van der Waals surface area contributed by atoms with E-state index >= 15 is 0 Å². The van der Waals surface area contributed by atoms with E-state index in [1.54, 1.807) is 24.3 Å². The van der Waals surface area contributed by atoms with Gasteiger partial charge < -0.3 is 10.5 Å². The van der Waals surface area contributed by atoms with Crippen molar-refractivity contribution in [3.8, 4) is 5.75 Å². The lowest BCUT2D eigenvalue weighted by atomic mass is 10.1. The summed E-state index contributed by atoms with van der Waals surface area (Å²) in [6.07, 6.45) is 0. The summed E-state index contributed by atoms with van der Waals surface area (Å²) in [5.41, 5.74) is 7.38. The zero-order valence-corrected chi connectivity index (χ0v) is 11.2. The second kappa shape index (κ2) is 6.16. The zero-order chi connectivity index (χ0) is 14.5. The van der Waals surface area contributed by atoms with Gasteiger partial charge in [-0.1, -0.05) is 24.3 Å². The molecule has 20 heavy (non-hydrogen) atoms. The summed E-state index contributed by atoms with van der Waals surface area (Å²) >= 11 is 0. The maximum Gasteiger partial charge on any atom is 0.276 e. The van der Waals surface area contributed by atoms with Crippen LogP contribution in [0.25, 0.3) is 0 Å². The van der Waals surface area contributed by atoms with E-state index in [0.717, 1.165) is 5.56 Å². The number of rotatable bonds is 5. The average molecular weight is 272 g/mol. The minimum absolute atomic E-state index is 0.0656. The Labute approximate surface area is 117 Å². The molecule has 0 heterocycles. The smallest absolute Gasteiger partial charge is 0.276 e. The van der Waals surface area contributed by atoms with Crippen LogP contribution < -0.4 is 10.5 Å². The van der Waals surface area contributed by atoms with E-state index in [2.05, 4.69) is 0 Å². The molecule has 0 aliphatic heterocycles. The maximum atomic E-state index is 10.9. The number of hydrogen-bond donors (Lipinski definition) is 1. The van der Waals surface area contributed by atoms with Crippen LogP contribution in [0, 0.1) is 10.1 Å². The van der Waals surface area contributed by atoms with E-state index in [1.165, 1.54) is 6.07 Å². The van der Waals surface area contributed by atoms with Gasteiger partial charge in [0.1, 0.15) is 12.4 Å². The Morgan fingerprint density at radius 3 is 2.70 bits per heavy atom. The van der Waals surface area contributed by atoms with Gasteiger partial charge >= 0.3 is 0 Å². The summed E-state index contributed by atoms with van der Waals surface area (Å²) < 4.78 is 5.61. The van der Waals surface area contributed by atoms with Crippen molar-refractivity contribution in [1.29, 1.82) is 0 Å². The van der Waals surface area contributed by atoms with Crippen LogP contribution in [0.1, 0.15) is 24.1 Å². The predicted octanol–water partition coefficient (Wildman–Crippen LogP) is 3.19. The average Bonchev–Trinajstić information content (AvgIpc) is 2.45. The number of nitrogens with zero attached hydrogens (tertiary/aromatic N) is 1. The summed E-state index contributed by atoms with van der Waals surface area (Å²) in [6.45, 7) is 2.04. The Hall–Kier alpha value is -2.40. The standard InChI is InChI=1S/C15H16N2O3/c1-11(16)12-6-4-7-14(9-12)20-10-13-5-2-3-8-15(13)17(18)19/h2-9,11H,10,16H2,1H3/t11-/m1/s1. The Balaban J connectivity index is 2.13. The van der Waals surface area contributed by atoms with Crippen molar-refractivity contribution < 1.29 is 9.66 Å². The predicted molar refractivity (Wildman–Crippen MR) is 76.5 cm³/mol. The second-order valence-electron chi connectivity index (χ2n) is 4.54. The van der Waals surface area contributed by atoms with Crippen molar-refractivity contribution in [2.24, 2.45) is 5.73 Å². The molecule has 0 bridgehead atoms. The fraction of sp³-hybridized carbons (Fsp3) is 0.200. The molecule has 0 radical (unpaired) electrons. The minimum atomic E-state index is -0.406. The van der Waals surface area contributed by atoms with Crippen LogP contribution in [0.15, 0.2) is 48.5 Å². The number of nitrogens with two attached hydrogens (primary N) is 1. The summed E-state index contributed by atoms with van der Waals surface area (Å²) in [6, 6.07) is 13.9. The van der Waals surface area contributed by atoms with Crippen molar-refractivity contribution in [3.63, 3.8) is 0 Å². The Morgan fingerprint density at radius 2 is 2.00 bits per heavy atom. The van der Waals surface area contributed by atoms with Gasteiger partial charge in [-0.3, -0.25) is 10.1 Å². The summed E-state index contributed by atoms with van der Waals surface area (Å²) in [5, 5.41) is 10.9. The summed E-state index contributed by atoms with van der Waals surface area (Å²) in [7, 11) is 0. The highest BCUT2D eigenvalue weighted by atomic mass is 16.6. The van der Waals surface area contributed by atoms with Gasteiger partial charge in [-0.25, -0.2) is 0 Å². The summed E-state index contributed by atoms with van der Waals surface area (Å²) in [4.78, 5) is 10.5. The van der Waals surface area contributed by atoms with Gasteiger partial charge in [-0.05, 0) is 30.7 Å². The molecule has 0 fully saturated rings. The highest BCUT2D eigenvalue weighted by molar-refractivity contribution is 5.40. The van der Waals surface area contributed by atoms with E-state index in [0.29, 0.717) is 11.3 Å². The van der Waals surface area contributed by atoms with Crippen LogP contribution in [0.4, 0.5) is 5.69 Å². The molecule has 2 aromatic carbocycles. The van der Waals surface area contributed by atoms with E-state index in [9.17, 15) is 10.1 Å². The largest absolute Gasteiger partial charge is 0.489 e. The van der Waals surface area contributed by atoms with Gasteiger partial charge in [0.15, 0.2) is 0 Å². The molecule has 5 nitrogen and oxygen atoms in total. The summed E-state index contributed by atoms with van der Waals surface area (Å²) in [5.74, 6) is 0.651. The molecule has 5 heteroatoms. The molecule has 0 aliphatic rings. The number of nitro groups is 1. The van der Waals surface area contributed by atoms with E-state index in [-0.39, 0.29) is 18.3 Å². The highest BCUT2D eigenvalue weighted by Crippen LogP contribution is 2.22. The fourth-order valence-electron chi connectivity index (χ4n) is 1.86. The molecule has 0 saturated carbocycles. The van der Waals surface area contributed by atoms with Crippen molar-refractivity contribution in [2.75, 3.05) is 0 Å². The van der Waals surface area contributed by atoms with E-state index in [1.807, 2.05) is 25.1 Å². The minimum Gasteiger partial charge on any atom is -0.489 e. The topological polar surface area (TPSA) is 78.4 Å². The first-order valence-electron chi connectivity index (χ1n) is 6.28. The zero-order valence-electron chi connectivity index (χ0n) is 11.2. The SMILES string of the molecule is C[C@@H](N)c1cccc(OCc2ccccc2[N+](=O)[O-])c1. The molecule has 0 saturated heterocycles. The molecule has 2 N–H and O–H groups in total. The molecule has 104 valence electrons. The number of nitro benzene ring substituents is 1. The van der Waals surface area contributed by atoms with Crippen LogP contribution >= 0.6 is 0 Å². The van der Waals surface area contributed by atoms with Crippen molar-refractivity contribution in [3.05, 3.63) is 69.8 Å². The van der Waals surface area contributed by atoms with Crippen LogP contribution in [0.2, 0.25) is 0 Å². The first-order chi connectivity index (χ1) is 9.58. The Bertz CT molecular complexity index is 612. The van der Waals surface area contributed by atoms with Gasteiger partial charge in [0.2, 0.25) is 0 Å². The molecule has 0 aliphatic carbocycles. The normalized spacial score (nSPS) is 11.9. The van der Waals surface area contributed by atoms with E-state index < -0.39 is 4.92 Å². The van der Waals surface area contributed by atoms with Crippen LogP contribution in [-0.2, 0) is 6.61 Å². The quantitative estimate of drug-likeness (QED) is 0.669. The first-order valence-corrected chi connectivity index (χ1v) is 6.28. The molecule has 2 aromatic rings. The van der Waals surface area contributed by atoms with Crippen LogP contribution in [0.5, 0.6) is 5.75 Å². The molecule has 0 amide bonds. The lowest BCUT2D eigenvalue weighted by molar-refractivity contribution is -0.385. The van der Waals surface area contributed by atoms with Crippen molar-refractivity contribution in [2.45, 2.75) is 19.6 Å². The lowest BCUT2D eigenvalue weighted by Gasteiger charge is -2.10. The van der Waals surface area contributed by atoms with Gasteiger partial charge in [-0.2, -0.15) is 0 Å². The molecule has 2 rings (SSSR count). The third kappa shape index (κ3) is 3.33. The van der Waals surface area contributed by atoms with Crippen molar-refractivity contribution in [1.82, 2.24) is 0 Å². The maximum absolute atomic E-state index is 10.9. The molecular weight excluding hydrogens is 256 g/mol. The molecule has 0 aromatic heterocycles. The monoisotopic (exact) mass is 272 g/mol. The van der Waals surface area contributed by atoms with Gasteiger partial charge in [0.05, 0.1) is 10.5 Å². The van der Waals surface area contributed by atoms with Crippen LogP contribution in [-0.4, -0.2) is 4.92 Å². The highest BCUT2D eigenvalue weighted by Gasteiger charge is 2.12. The Kier molecular flexibility index (Phi) is 4.32. The van der Waals surface area contributed by atoms with E-state index in [4.69, 9.17) is 10.5 Å². The number of hydrogen-bond acceptors (Lipinski definition) is 4. The number of benzene rings is 2. The van der Waals surface area contributed by atoms with Gasteiger partial charge in [0, 0.05) is 12.1 Å². The Morgan fingerprint density at radius 1 is 1.25 bits per heavy atom. The fourth-order valence-corrected chi connectivity index (χ4v) is 1.86. The number of ether oxygens (including phenoxy) is 1. The third-order valence-corrected chi connectivity index (χ3v) is 2.97. The van der Waals surface area contributed by atoms with Crippen LogP contribution in [0.3, 0.4) is 0 Å². The molecular formula is C15H16N2O3. The lowest BCUT2D eigenvalue weighted by Crippen LogP contribution is -2.05. The number of para-hydroxylation sites is 1. The van der Waals surface area contributed by atoms with Gasteiger partial charge in [0.25, 0.3) is 5.69 Å². The first kappa shape index (κ1) is 14.0. The van der Waals surface area contributed by atoms with Gasteiger partial charge in [-0.15, -0.1) is 0 Å².